The fraction of sp³-hybridized carbons (Fsp3) is 0.0833. The number of nitrogens with zero attached hydrogens (tertiary/aromatic N) is 4. The smallest absolute Gasteiger partial charge is 0.279 e. The summed E-state index contributed by atoms with van der Waals surface area (Å²) in [5, 5.41) is 9.97. The maximum absolute atomic E-state index is 13.2. The van der Waals surface area contributed by atoms with Crippen LogP contribution in [0.1, 0.15) is 11.1 Å². The fourth-order valence-electron chi connectivity index (χ4n) is 3.45. The quantitative estimate of drug-likeness (QED) is 0.443. The Morgan fingerprint density at radius 2 is 1.53 bits per heavy atom. The van der Waals surface area contributed by atoms with E-state index in [9.17, 15) is 4.79 Å². The molecule has 0 saturated heterocycles. The third-order valence-corrected chi connectivity index (χ3v) is 5.09. The van der Waals surface area contributed by atoms with E-state index in [4.69, 9.17) is 4.52 Å². The second kappa shape index (κ2) is 7.08. The van der Waals surface area contributed by atoms with Crippen molar-refractivity contribution in [2.45, 2.75) is 13.8 Å². The van der Waals surface area contributed by atoms with Crippen molar-refractivity contribution in [3.05, 3.63) is 94.3 Å². The van der Waals surface area contributed by atoms with E-state index in [0.29, 0.717) is 28.0 Å². The standard InChI is InChI=1S/C24H18N4O2/c1-15-11-13-17(14-12-15)22-25-23(30-27-22)21-18-8-4-5-9-19(18)24(29)28(26-21)20-10-6-3-7-16(20)2/h3-14H,1-2H3. The van der Waals surface area contributed by atoms with E-state index in [1.165, 1.54) is 4.68 Å². The Morgan fingerprint density at radius 1 is 0.833 bits per heavy atom. The number of rotatable bonds is 3. The van der Waals surface area contributed by atoms with Gasteiger partial charge in [-0.25, -0.2) is 0 Å². The molecule has 5 aromatic rings. The zero-order chi connectivity index (χ0) is 20.7. The SMILES string of the molecule is Cc1ccc(-c2noc(-c3nn(-c4ccccc4C)c(=O)c4ccccc34)n2)cc1. The normalized spacial score (nSPS) is 11.1. The van der Waals surface area contributed by atoms with Gasteiger partial charge in [-0.15, -0.1) is 0 Å². The number of fused-ring (bicyclic) bond motifs is 1. The summed E-state index contributed by atoms with van der Waals surface area (Å²) >= 11 is 0. The summed E-state index contributed by atoms with van der Waals surface area (Å²) in [6, 6.07) is 22.8. The van der Waals surface area contributed by atoms with Gasteiger partial charge in [0.25, 0.3) is 11.4 Å². The lowest BCUT2D eigenvalue weighted by Gasteiger charge is -2.11. The van der Waals surface area contributed by atoms with Gasteiger partial charge in [0.05, 0.1) is 11.1 Å². The first-order valence-corrected chi connectivity index (χ1v) is 9.61. The van der Waals surface area contributed by atoms with Crippen molar-refractivity contribution in [1.82, 2.24) is 19.9 Å². The van der Waals surface area contributed by atoms with Gasteiger partial charge in [-0.3, -0.25) is 4.79 Å². The number of para-hydroxylation sites is 1. The lowest BCUT2D eigenvalue weighted by atomic mass is 10.1. The first-order chi connectivity index (χ1) is 14.6. The minimum atomic E-state index is -0.193. The van der Waals surface area contributed by atoms with Crippen molar-refractivity contribution >= 4 is 10.8 Å². The van der Waals surface area contributed by atoms with Crippen LogP contribution in [-0.2, 0) is 0 Å². The van der Waals surface area contributed by atoms with Gasteiger partial charge in [0.1, 0.15) is 0 Å². The first kappa shape index (κ1) is 18.0. The van der Waals surface area contributed by atoms with E-state index in [2.05, 4.69) is 15.2 Å². The average molecular weight is 394 g/mol. The fourth-order valence-corrected chi connectivity index (χ4v) is 3.45. The molecule has 0 aliphatic rings. The van der Waals surface area contributed by atoms with Crippen molar-refractivity contribution in [1.29, 1.82) is 0 Å². The van der Waals surface area contributed by atoms with Gasteiger partial charge in [0.2, 0.25) is 5.82 Å². The molecular formula is C24H18N4O2. The molecule has 2 heterocycles. The molecule has 146 valence electrons. The van der Waals surface area contributed by atoms with Crippen LogP contribution < -0.4 is 5.56 Å². The van der Waals surface area contributed by atoms with Crippen LogP contribution in [0, 0.1) is 13.8 Å². The van der Waals surface area contributed by atoms with Crippen LogP contribution in [0.15, 0.2) is 82.1 Å². The van der Waals surface area contributed by atoms with E-state index >= 15 is 0 Å². The number of aryl methyl sites for hydroxylation is 2. The minimum Gasteiger partial charge on any atom is -0.332 e. The second-order valence-corrected chi connectivity index (χ2v) is 7.19. The van der Waals surface area contributed by atoms with Crippen LogP contribution in [0.5, 0.6) is 0 Å². The molecule has 5 rings (SSSR count). The van der Waals surface area contributed by atoms with Gasteiger partial charge in [-0.2, -0.15) is 14.8 Å². The van der Waals surface area contributed by atoms with Gasteiger partial charge in [-0.05, 0) is 31.5 Å². The van der Waals surface area contributed by atoms with Crippen LogP contribution >= 0.6 is 0 Å². The molecule has 0 radical (unpaired) electrons. The predicted octanol–water partition coefficient (Wildman–Crippen LogP) is 4.72. The summed E-state index contributed by atoms with van der Waals surface area (Å²) in [6.45, 7) is 3.97. The Labute approximate surface area is 172 Å². The Morgan fingerprint density at radius 3 is 2.30 bits per heavy atom. The molecule has 2 aromatic heterocycles. The molecule has 6 heteroatoms. The minimum absolute atomic E-state index is 0.193. The molecule has 0 saturated carbocycles. The largest absolute Gasteiger partial charge is 0.332 e. The Balaban J connectivity index is 1.74. The molecule has 0 aliphatic carbocycles. The summed E-state index contributed by atoms with van der Waals surface area (Å²) < 4.78 is 6.97. The number of hydrogen-bond acceptors (Lipinski definition) is 5. The Bertz CT molecular complexity index is 1430. The van der Waals surface area contributed by atoms with Crippen molar-refractivity contribution in [3.8, 4) is 28.7 Å². The van der Waals surface area contributed by atoms with Gasteiger partial charge in [0.15, 0.2) is 5.69 Å². The molecule has 6 nitrogen and oxygen atoms in total. The van der Waals surface area contributed by atoms with Crippen molar-refractivity contribution in [2.24, 2.45) is 0 Å². The maximum atomic E-state index is 13.2. The van der Waals surface area contributed by atoms with Crippen molar-refractivity contribution in [2.75, 3.05) is 0 Å². The van der Waals surface area contributed by atoms with Crippen LogP contribution in [-0.4, -0.2) is 19.9 Å². The molecule has 30 heavy (non-hydrogen) atoms. The zero-order valence-electron chi connectivity index (χ0n) is 16.5. The van der Waals surface area contributed by atoms with Crippen LogP contribution in [0.3, 0.4) is 0 Å². The van der Waals surface area contributed by atoms with Gasteiger partial charge in [-0.1, -0.05) is 71.4 Å². The van der Waals surface area contributed by atoms with Crippen LogP contribution in [0.4, 0.5) is 0 Å². The molecule has 3 aromatic carbocycles. The average Bonchev–Trinajstić information content (AvgIpc) is 3.25. The van der Waals surface area contributed by atoms with Crippen LogP contribution in [0.2, 0.25) is 0 Å². The number of hydrogen-bond donors (Lipinski definition) is 0. The molecule has 0 amide bonds. The van der Waals surface area contributed by atoms with E-state index in [1.54, 1.807) is 6.07 Å². The van der Waals surface area contributed by atoms with E-state index in [1.807, 2.05) is 80.6 Å². The van der Waals surface area contributed by atoms with Crippen molar-refractivity contribution < 1.29 is 4.52 Å². The maximum Gasteiger partial charge on any atom is 0.279 e. The molecule has 0 unspecified atom stereocenters. The Hall–Kier alpha value is -4.06. The summed E-state index contributed by atoms with van der Waals surface area (Å²) in [5.74, 6) is 0.744. The third-order valence-electron chi connectivity index (χ3n) is 5.09. The lowest BCUT2D eigenvalue weighted by molar-refractivity contribution is 0.430. The molecule has 0 aliphatic heterocycles. The monoisotopic (exact) mass is 394 g/mol. The summed E-state index contributed by atoms with van der Waals surface area (Å²) in [6.07, 6.45) is 0. The van der Waals surface area contributed by atoms with E-state index in [-0.39, 0.29) is 11.4 Å². The first-order valence-electron chi connectivity index (χ1n) is 9.61. The van der Waals surface area contributed by atoms with Gasteiger partial charge >= 0.3 is 0 Å². The third kappa shape index (κ3) is 2.99. The number of aromatic nitrogens is 4. The highest BCUT2D eigenvalue weighted by Crippen LogP contribution is 2.27. The van der Waals surface area contributed by atoms with Crippen molar-refractivity contribution in [3.63, 3.8) is 0 Å². The zero-order valence-corrected chi connectivity index (χ0v) is 16.5. The lowest BCUT2D eigenvalue weighted by Crippen LogP contribution is -2.23. The number of benzene rings is 3. The molecular weight excluding hydrogens is 376 g/mol. The van der Waals surface area contributed by atoms with Gasteiger partial charge in [0, 0.05) is 10.9 Å². The Kier molecular flexibility index (Phi) is 4.25. The molecule has 0 fully saturated rings. The summed E-state index contributed by atoms with van der Waals surface area (Å²) in [4.78, 5) is 17.7. The summed E-state index contributed by atoms with van der Waals surface area (Å²) in [5.41, 5.74) is 3.95. The van der Waals surface area contributed by atoms with E-state index < -0.39 is 0 Å². The highest BCUT2D eigenvalue weighted by molar-refractivity contribution is 5.92. The molecule has 0 atom stereocenters. The summed E-state index contributed by atoms with van der Waals surface area (Å²) in [7, 11) is 0. The van der Waals surface area contributed by atoms with E-state index in [0.717, 1.165) is 16.7 Å². The van der Waals surface area contributed by atoms with Gasteiger partial charge < -0.3 is 4.52 Å². The highest BCUT2D eigenvalue weighted by atomic mass is 16.5. The molecule has 0 N–H and O–H groups in total. The van der Waals surface area contributed by atoms with Crippen LogP contribution in [0.25, 0.3) is 39.4 Å². The topological polar surface area (TPSA) is 73.8 Å². The molecule has 0 bridgehead atoms. The predicted molar refractivity (Wildman–Crippen MR) is 116 cm³/mol. The second-order valence-electron chi connectivity index (χ2n) is 7.19. The molecule has 0 spiro atoms. The highest BCUT2D eigenvalue weighted by Gasteiger charge is 2.19.